The molecule has 6 heteroatoms. The van der Waals surface area contributed by atoms with Crippen LogP contribution in [-0.2, 0) is 0 Å². The predicted molar refractivity (Wildman–Crippen MR) is 73.6 cm³/mol. The molecule has 0 saturated carbocycles. The van der Waals surface area contributed by atoms with Gasteiger partial charge in [0.1, 0.15) is 0 Å². The largest absolute Gasteiger partial charge is 0.336 e. The molecule has 0 N–H and O–H groups in total. The summed E-state index contributed by atoms with van der Waals surface area (Å²) in [6.45, 7) is 1.48. The highest BCUT2D eigenvalue weighted by Gasteiger charge is 2.37. The number of amides is 1. The van der Waals surface area contributed by atoms with E-state index in [0.717, 1.165) is 25.1 Å². The van der Waals surface area contributed by atoms with Crippen LogP contribution in [0.3, 0.4) is 0 Å². The monoisotopic (exact) mass is 286 g/mol. The summed E-state index contributed by atoms with van der Waals surface area (Å²) in [4.78, 5) is 18.0. The molecule has 3 heterocycles. The zero-order chi connectivity index (χ0) is 14.4. The van der Waals surface area contributed by atoms with Gasteiger partial charge in [0.15, 0.2) is 12.0 Å². The third-order valence-corrected chi connectivity index (χ3v) is 4.18. The Bertz CT molecular complexity index is 680. The Morgan fingerprint density at radius 2 is 2.00 bits per heavy atom. The van der Waals surface area contributed by atoms with Crippen molar-refractivity contribution in [3.05, 3.63) is 47.5 Å². The molecule has 0 spiro atoms. The van der Waals surface area contributed by atoms with E-state index in [1.165, 1.54) is 0 Å². The highest BCUT2D eigenvalue weighted by atomic mass is 19.1. The van der Waals surface area contributed by atoms with Crippen molar-refractivity contribution in [2.75, 3.05) is 13.1 Å². The highest BCUT2D eigenvalue weighted by Crippen LogP contribution is 2.39. The van der Waals surface area contributed by atoms with Crippen LogP contribution in [0.5, 0.6) is 0 Å². The Kier molecular flexibility index (Phi) is 2.77. The summed E-state index contributed by atoms with van der Waals surface area (Å²) in [7, 11) is 0. The molecule has 2 aliphatic heterocycles. The lowest BCUT2D eigenvalue weighted by Gasteiger charge is -2.29. The van der Waals surface area contributed by atoms with E-state index in [0.29, 0.717) is 6.42 Å². The number of fused-ring (bicyclic) bond motifs is 1. The van der Waals surface area contributed by atoms with E-state index in [1.54, 1.807) is 9.58 Å². The molecular weight excluding hydrogens is 271 g/mol. The van der Waals surface area contributed by atoms with Crippen molar-refractivity contribution in [1.29, 1.82) is 0 Å². The topological polar surface area (TPSA) is 51.0 Å². The Morgan fingerprint density at radius 1 is 1.24 bits per heavy atom. The molecule has 1 aromatic carbocycles. The van der Waals surface area contributed by atoms with E-state index >= 15 is 0 Å². The van der Waals surface area contributed by atoms with Gasteiger partial charge in [0.05, 0.1) is 6.04 Å². The fraction of sp³-hybridized carbons (Fsp3) is 0.400. The van der Waals surface area contributed by atoms with Crippen LogP contribution in [0.2, 0.25) is 0 Å². The predicted octanol–water partition coefficient (Wildman–Crippen LogP) is 2.13. The van der Waals surface area contributed by atoms with Crippen molar-refractivity contribution < 1.29 is 9.18 Å². The minimum Gasteiger partial charge on any atom is -0.336 e. The molecule has 4 rings (SSSR count). The molecule has 108 valence electrons. The molecule has 0 aliphatic carbocycles. The number of hydrogen-bond donors (Lipinski definition) is 0. The Hall–Kier alpha value is -2.24. The average Bonchev–Trinajstić information content (AvgIpc) is 2.99. The van der Waals surface area contributed by atoms with Gasteiger partial charge in [-0.15, -0.1) is 5.10 Å². The molecule has 21 heavy (non-hydrogen) atoms. The van der Waals surface area contributed by atoms with Crippen LogP contribution in [0.4, 0.5) is 4.39 Å². The summed E-state index contributed by atoms with van der Waals surface area (Å²) in [5, 5.41) is 4.28. The number of benzene rings is 1. The molecule has 1 saturated heterocycles. The number of nitrogens with zero attached hydrogens (tertiary/aromatic N) is 4. The molecule has 0 bridgehead atoms. The van der Waals surface area contributed by atoms with Crippen molar-refractivity contribution in [2.24, 2.45) is 0 Å². The maximum Gasteiger partial charge on any atom is 0.293 e. The van der Waals surface area contributed by atoms with Crippen LogP contribution in [0.1, 0.15) is 47.1 Å². The van der Waals surface area contributed by atoms with Crippen molar-refractivity contribution >= 4 is 5.91 Å². The number of carbonyl (C=O) groups is 1. The summed E-state index contributed by atoms with van der Waals surface area (Å²) >= 11 is 0. The molecule has 5 nitrogen and oxygen atoms in total. The zero-order valence-corrected chi connectivity index (χ0v) is 11.4. The lowest BCUT2D eigenvalue weighted by Crippen LogP contribution is -2.42. The summed E-state index contributed by atoms with van der Waals surface area (Å²) in [6.07, 6.45) is 0.176. The van der Waals surface area contributed by atoms with Crippen LogP contribution in [-0.4, -0.2) is 38.7 Å². The molecule has 0 radical (unpaired) electrons. The van der Waals surface area contributed by atoms with Crippen molar-refractivity contribution in [2.45, 2.75) is 25.1 Å². The van der Waals surface area contributed by atoms with E-state index in [9.17, 15) is 9.18 Å². The smallest absolute Gasteiger partial charge is 0.293 e. The number of aromatic nitrogens is 3. The van der Waals surface area contributed by atoms with Crippen LogP contribution in [0, 0.1) is 0 Å². The molecular formula is C15H15FN4O. The lowest BCUT2D eigenvalue weighted by atomic mass is 10.0. The number of alkyl halides is 1. The van der Waals surface area contributed by atoms with Gasteiger partial charge in [-0.2, -0.15) is 0 Å². The SMILES string of the molecule is O=C(c1nc2n(n1)[C@@H](c1ccccc1)C[C@H]2F)N1CCC1. The summed E-state index contributed by atoms with van der Waals surface area (Å²) in [5.41, 5.74) is 0.992. The van der Waals surface area contributed by atoms with Crippen LogP contribution in [0.15, 0.2) is 30.3 Å². The molecule has 2 aromatic rings. The van der Waals surface area contributed by atoms with Gasteiger partial charge in [0.25, 0.3) is 5.91 Å². The first kappa shape index (κ1) is 12.5. The Labute approximate surface area is 121 Å². The van der Waals surface area contributed by atoms with E-state index in [4.69, 9.17) is 0 Å². The molecule has 2 aliphatic rings. The van der Waals surface area contributed by atoms with Gasteiger partial charge < -0.3 is 4.90 Å². The molecule has 2 atom stereocenters. The van der Waals surface area contributed by atoms with Crippen molar-refractivity contribution in [1.82, 2.24) is 19.7 Å². The second-order valence-corrected chi connectivity index (χ2v) is 5.51. The fourth-order valence-electron chi connectivity index (χ4n) is 2.88. The van der Waals surface area contributed by atoms with Crippen molar-refractivity contribution in [3.63, 3.8) is 0 Å². The van der Waals surface area contributed by atoms with E-state index in [2.05, 4.69) is 10.1 Å². The van der Waals surface area contributed by atoms with Gasteiger partial charge in [-0.05, 0) is 12.0 Å². The highest BCUT2D eigenvalue weighted by molar-refractivity contribution is 5.90. The van der Waals surface area contributed by atoms with Gasteiger partial charge in [0.2, 0.25) is 5.82 Å². The summed E-state index contributed by atoms with van der Waals surface area (Å²) in [5.74, 6) is 0.197. The first-order chi connectivity index (χ1) is 10.2. The lowest BCUT2D eigenvalue weighted by molar-refractivity contribution is 0.0638. The number of halogens is 1. The third kappa shape index (κ3) is 1.93. The third-order valence-electron chi connectivity index (χ3n) is 4.18. The van der Waals surface area contributed by atoms with Crippen molar-refractivity contribution in [3.8, 4) is 0 Å². The fourth-order valence-corrected chi connectivity index (χ4v) is 2.88. The second kappa shape index (κ2) is 4.65. The molecule has 0 unspecified atom stereocenters. The normalized spacial score (nSPS) is 23.8. The second-order valence-electron chi connectivity index (χ2n) is 5.51. The maximum absolute atomic E-state index is 14.2. The zero-order valence-electron chi connectivity index (χ0n) is 11.4. The van der Waals surface area contributed by atoms with Crippen LogP contribution in [0.25, 0.3) is 0 Å². The standard InChI is InChI=1S/C15H15FN4O/c16-11-9-12(10-5-2-1-3-6-10)20-14(11)17-13(18-20)15(21)19-7-4-8-19/h1-3,5-6,11-12H,4,7-9H2/t11-,12-/m1/s1. The first-order valence-electron chi connectivity index (χ1n) is 7.19. The maximum atomic E-state index is 14.2. The average molecular weight is 286 g/mol. The Morgan fingerprint density at radius 3 is 2.67 bits per heavy atom. The summed E-state index contributed by atoms with van der Waals surface area (Å²) < 4.78 is 15.8. The molecule has 1 amide bonds. The minimum absolute atomic E-state index is 0.119. The number of rotatable bonds is 2. The number of carbonyl (C=O) groups excluding carboxylic acids is 1. The van der Waals surface area contributed by atoms with Gasteiger partial charge in [-0.3, -0.25) is 4.79 Å². The van der Waals surface area contributed by atoms with E-state index in [-0.39, 0.29) is 23.6 Å². The van der Waals surface area contributed by atoms with Gasteiger partial charge in [-0.1, -0.05) is 30.3 Å². The molecule has 1 fully saturated rings. The number of hydrogen-bond acceptors (Lipinski definition) is 3. The van der Waals surface area contributed by atoms with Gasteiger partial charge in [-0.25, -0.2) is 14.1 Å². The van der Waals surface area contributed by atoms with Gasteiger partial charge in [0, 0.05) is 19.5 Å². The summed E-state index contributed by atoms with van der Waals surface area (Å²) in [6, 6.07) is 9.48. The van der Waals surface area contributed by atoms with E-state index < -0.39 is 6.17 Å². The molecule has 1 aromatic heterocycles. The van der Waals surface area contributed by atoms with Crippen LogP contribution >= 0.6 is 0 Å². The minimum atomic E-state index is -1.17. The van der Waals surface area contributed by atoms with E-state index in [1.807, 2.05) is 30.3 Å². The Balaban J connectivity index is 1.69. The first-order valence-corrected chi connectivity index (χ1v) is 7.19. The number of likely N-dealkylation sites (tertiary alicyclic amines) is 1. The van der Waals surface area contributed by atoms with Crippen LogP contribution < -0.4 is 0 Å². The van der Waals surface area contributed by atoms with Gasteiger partial charge >= 0.3 is 0 Å². The quantitative estimate of drug-likeness (QED) is 0.849.